The molecule has 1 aliphatic rings. The smallest absolute Gasteiger partial charge is 0.254 e. The summed E-state index contributed by atoms with van der Waals surface area (Å²) in [6, 6.07) is 14.8. The Balaban J connectivity index is 1.44. The van der Waals surface area contributed by atoms with E-state index in [0.717, 1.165) is 29.9 Å². The lowest BCUT2D eigenvalue weighted by Gasteiger charge is -2.30. The van der Waals surface area contributed by atoms with Crippen LogP contribution in [0.3, 0.4) is 0 Å². The fraction of sp³-hybridized carbons (Fsp3) is 0.304. The number of primary amides is 1. The molecule has 2 aromatic carbocycles. The predicted octanol–water partition coefficient (Wildman–Crippen LogP) is 3.36. The standard InChI is InChI=1S/C23H26FN5O2/c24-17-9-11-29(12-10-17)18-5-1-15(2-6-18)13-20-21(22(25)31)23(28-27-20)26-14-16-3-7-19(30)8-4-16/h1-8,17,30H,9-14H2,(H2,25,31)(H2,26,27,28). The number of aromatic nitrogens is 2. The van der Waals surface area contributed by atoms with E-state index in [1.165, 1.54) is 0 Å². The fourth-order valence-corrected chi connectivity index (χ4v) is 3.83. The number of hydrogen-bond acceptors (Lipinski definition) is 5. The Morgan fingerprint density at radius 3 is 2.42 bits per heavy atom. The summed E-state index contributed by atoms with van der Waals surface area (Å²) in [5.41, 5.74) is 9.64. The molecule has 0 unspecified atom stereocenters. The number of nitrogens with zero attached hydrogens (tertiary/aromatic N) is 2. The van der Waals surface area contributed by atoms with Gasteiger partial charge < -0.3 is 21.1 Å². The lowest BCUT2D eigenvalue weighted by molar-refractivity contribution is 0.100. The molecule has 162 valence electrons. The number of phenolic OH excluding ortho intramolecular Hbond substituents is 1. The number of benzene rings is 2. The zero-order chi connectivity index (χ0) is 21.8. The van der Waals surface area contributed by atoms with Crippen molar-refractivity contribution in [2.45, 2.75) is 32.0 Å². The van der Waals surface area contributed by atoms with Crippen molar-refractivity contribution in [2.75, 3.05) is 23.3 Å². The van der Waals surface area contributed by atoms with Gasteiger partial charge in [-0.3, -0.25) is 9.89 Å². The summed E-state index contributed by atoms with van der Waals surface area (Å²) >= 11 is 0. The number of aromatic hydroxyl groups is 1. The molecule has 0 saturated carbocycles. The molecule has 0 spiro atoms. The summed E-state index contributed by atoms with van der Waals surface area (Å²) in [6.07, 6.45) is 0.925. The van der Waals surface area contributed by atoms with Gasteiger partial charge in [0.05, 0.1) is 5.69 Å². The number of aromatic amines is 1. The van der Waals surface area contributed by atoms with E-state index < -0.39 is 12.1 Å². The van der Waals surface area contributed by atoms with Gasteiger partial charge in [0.2, 0.25) is 0 Å². The van der Waals surface area contributed by atoms with E-state index in [1.54, 1.807) is 24.3 Å². The van der Waals surface area contributed by atoms with E-state index in [-0.39, 0.29) is 5.75 Å². The number of nitrogens with two attached hydrogens (primary N) is 1. The molecule has 8 heteroatoms. The van der Waals surface area contributed by atoms with Crippen molar-refractivity contribution in [3.05, 3.63) is 70.9 Å². The predicted molar refractivity (Wildman–Crippen MR) is 118 cm³/mol. The molecule has 0 bridgehead atoms. The third-order valence-electron chi connectivity index (χ3n) is 5.59. The molecule has 1 aromatic heterocycles. The van der Waals surface area contributed by atoms with Crippen LogP contribution < -0.4 is 16.0 Å². The normalized spacial score (nSPS) is 14.5. The van der Waals surface area contributed by atoms with E-state index >= 15 is 0 Å². The first-order chi connectivity index (χ1) is 15.0. The van der Waals surface area contributed by atoms with Crippen LogP contribution in [-0.4, -0.2) is 40.5 Å². The molecular weight excluding hydrogens is 397 g/mol. The van der Waals surface area contributed by atoms with Gasteiger partial charge in [0, 0.05) is 31.7 Å². The third-order valence-corrected chi connectivity index (χ3v) is 5.59. The van der Waals surface area contributed by atoms with Crippen LogP contribution in [0.5, 0.6) is 5.75 Å². The number of phenols is 1. The van der Waals surface area contributed by atoms with Crippen LogP contribution >= 0.6 is 0 Å². The maximum absolute atomic E-state index is 13.4. The number of rotatable bonds is 7. The second kappa shape index (κ2) is 9.07. The zero-order valence-electron chi connectivity index (χ0n) is 17.1. The van der Waals surface area contributed by atoms with E-state index in [2.05, 4.69) is 20.4 Å². The molecule has 1 aliphatic heterocycles. The summed E-state index contributed by atoms with van der Waals surface area (Å²) in [5.74, 6) is 0.0468. The molecule has 0 aliphatic carbocycles. The summed E-state index contributed by atoms with van der Waals surface area (Å²) in [5, 5.41) is 19.7. The Morgan fingerprint density at radius 1 is 1.13 bits per heavy atom. The summed E-state index contributed by atoms with van der Waals surface area (Å²) in [6.45, 7) is 1.89. The van der Waals surface area contributed by atoms with Gasteiger partial charge in [0.15, 0.2) is 5.82 Å². The van der Waals surface area contributed by atoms with Gasteiger partial charge in [-0.05, 0) is 48.2 Å². The van der Waals surface area contributed by atoms with Gasteiger partial charge in [0.1, 0.15) is 17.5 Å². The minimum absolute atomic E-state index is 0.196. The van der Waals surface area contributed by atoms with E-state index in [4.69, 9.17) is 5.73 Å². The van der Waals surface area contributed by atoms with Gasteiger partial charge in [-0.2, -0.15) is 5.10 Å². The monoisotopic (exact) mass is 423 g/mol. The quantitative estimate of drug-likeness (QED) is 0.466. The van der Waals surface area contributed by atoms with E-state index in [9.17, 15) is 14.3 Å². The molecule has 1 fully saturated rings. The van der Waals surface area contributed by atoms with Crippen LogP contribution in [-0.2, 0) is 13.0 Å². The Labute approximate surface area is 180 Å². The van der Waals surface area contributed by atoms with E-state index in [1.807, 2.05) is 24.3 Å². The highest BCUT2D eigenvalue weighted by atomic mass is 19.1. The maximum Gasteiger partial charge on any atom is 0.254 e. The number of H-pyrrole nitrogens is 1. The molecule has 3 aromatic rings. The number of nitrogens with one attached hydrogen (secondary N) is 2. The van der Waals surface area contributed by atoms with Crippen molar-refractivity contribution in [3.63, 3.8) is 0 Å². The average Bonchev–Trinajstić information content (AvgIpc) is 3.17. The van der Waals surface area contributed by atoms with Crippen molar-refractivity contribution in [3.8, 4) is 5.75 Å². The van der Waals surface area contributed by atoms with Crippen LogP contribution in [0.1, 0.15) is 40.0 Å². The Bertz CT molecular complexity index is 1030. The number of halogens is 1. The topological polar surface area (TPSA) is 107 Å². The minimum Gasteiger partial charge on any atom is -0.508 e. The molecule has 5 N–H and O–H groups in total. The highest BCUT2D eigenvalue weighted by molar-refractivity contribution is 5.98. The van der Waals surface area contributed by atoms with E-state index in [0.29, 0.717) is 42.9 Å². The molecule has 2 heterocycles. The molecule has 0 atom stereocenters. The van der Waals surface area contributed by atoms with Crippen LogP contribution in [0.15, 0.2) is 48.5 Å². The minimum atomic E-state index is -0.694. The second-order valence-corrected chi connectivity index (χ2v) is 7.81. The molecule has 31 heavy (non-hydrogen) atoms. The largest absolute Gasteiger partial charge is 0.508 e. The Kier molecular flexibility index (Phi) is 6.06. The van der Waals surface area contributed by atoms with Crippen LogP contribution in [0.25, 0.3) is 0 Å². The first-order valence-corrected chi connectivity index (χ1v) is 10.4. The number of hydrogen-bond donors (Lipinski definition) is 4. The van der Waals surface area contributed by atoms with Crippen molar-refractivity contribution in [2.24, 2.45) is 5.73 Å². The SMILES string of the molecule is NC(=O)c1c(NCc2ccc(O)cc2)n[nH]c1Cc1ccc(N2CCC(F)CC2)cc1. The zero-order valence-corrected chi connectivity index (χ0v) is 17.1. The van der Waals surface area contributed by atoms with Gasteiger partial charge >= 0.3 is 0 Å². The van der Waals surface area contributed by atoms with Crippen LogP contribution in [0.4, 0.5) is 15.9 Å². The van der Waals surface area contributed by atoms with Gasteiger partial charge in [-0.25, -0.2) is 4.39 Å². The van der Waals surface area contributed by atoms with Gasteiger partial charge in [0.25, 0.3) is 5.91 Å². The highest BCUT2D eigenvalue weighted by Gasteiger charge is 2.20. The average molecular weight is 423 g/mol. The van der Waals surface area contributed by atoms with Crippen molar-refractivity contribution < 1.29 is 14.3 Å². The number of piperidine rings is 1. The number of carbonyl (C=O) groups is 1. The fourth-order valence-electron chi connectivity index (χ4n) is 3.83. The highest BCUT2D eigenvalue weighted by Crippen LogP contribution is 2.24. The van der Waals surface area contributed by atoms with Crippen LogP contribution in [0.2, 0.25) is 0 Å². The van der Waals surface area contributed by atoms with Crippen molar-refractivity contribution >= 4 is 17.4 Å². The molecule has 1 saturated heterocycles. The lowest BCUT2D eigenvalue weighted by atomic mass is 10.0. The number of anilines is 2. The van der Waals surface area contributed by atoms with Gasteiger partial charge in [-0.1, -0.05) is 24.3 Å². The number of amides is 1. The molecular formula is C23H26FN5O2. The second-order valence-electron chi connectivity index (χ2n) is 7.81. The maximum atomic E-state index is 13.4. The first kappa shape index (κ1) is 20.7. The Hall–Kier alpha value is -3.55. The first-order valence-electron chi connectivity index (χ1n) is 10.4. The summed E-state index contributed by atoms with van der Waals surface area (Å²) in [7, 11) is 0. The number of alkyl halides is 1. The van der Waals surface area contributed by atoms with Crippen LogP contribution in [0, 0.1) is 0 Å². The summed E-state index contributed by atoms with van der Waals surface area (Å²) < 4.78 is 13.4. The molecule has 0 radical (unpaired) electrons. The lowest BCUT2D eigenvalue weighted by Crippen LogP contribution is -2.34. The Morgan fingerprint density at radius 2 is 1.77 bits per heavy atom. The number of carbonyl (C=O) groups excluding carboxylic acids is 1. The molecule has 1 amide bonds. The van der Waals surface area contributed by atoms with Gasteiger partial charge in [-0.15, -0.1) is 0 Å². The third kappa shape index (κ3) is 4.96. The van der Waals surface area contributed by atoms with Crippen molar-refractivity contribution in [1.82, 2.24) is 10.2 Å². The van der Waals surface area contributed by atoms with Crippen molar-refractivity contribution in [1.29, 1.82) is 0 Å². The summed E-state index contributed by atoms with van der Waals surface area (Å²) in [4.78, 5) is 14.3. The molecule has 7 nitrogen and oxygen atoms in total. The molecule has 4 rings (SSSR count).